The summed E-state index contributed by atoms with van der Waals surface area (Å²) >= 11 is 0. The Balaban J connectivity index is 2.22. The molecular formula is C16H15NO5. The van der Waals surface area contributed by atoms with Gasteiger partial charge >= 0.3 is 11.9 Å². The predicted octanol–water partition coefficient (Wildman–Crippen LogP) is 1.89. The number of carbonyl (C=O) groups is 3. The second kappa shape index (κ2) is 6.71. The van der Waals surface area contributed by atoms with Crippen molar-refractivity contribution in [3.63, 3.8) is 0 Å². The molecule has 1 atom stereocenters. The molecule has 0 fully saturated rings. The van der Waals surface area contributed by atoms with E-state index in [9.17, 15) is 14.4 Å². The highest BCUT2D eigenvalue weighted by Gasteiger charge is 2.22. The van der Waals surface area contributed by atoms with Gasteiger partial charge in [0.2, 0.25) is 0 Å². The van der Waals surface area contributed by atoms with Gasteiger partial charge in [-0.05, 0) is 23.3 Å². The summed E-state index contributed by atoms with van der Waals surface area (Å²) in [5.41, 5.74) is 0.361. The summed E-state index contributed by atoms with van der Waals surface area (Å²) in [5.74, 6) is -2.89. The number of fused-ring (bicyclic) bond motifs is 1. The molecule has 114 valence electrons. The number of amides is 1. The molecule has 0 aliphatic carbocycles. The normalized spacial score (nSPS) is 11.8. The maximum atomic E-state index is 12.3. The Morgan fingerprint density at radius 3 is 2.36 bits per heavy atom. The minimum atomic E-state index is -1.25. The van der Waals surface area contributed by atoms with E-state index < -0.39 is 23.9 Å². The standard InChI is InChI=1S/C16H15NO5/c18-14(19)9-8-13(16(21)22)17-15(20)12-7-3-5-10-4-1-2-6-11(10)12/h1-7,13H,8-9H2,(H,17,20)(H,18,19)(H,21,22). The van der Waals surface area contributed by atoms with Crippen LogP contribution in [0.3, 0.4) is 0 Å². The fraction of sp³-hybridized carbons (Fsp3) is 0.188. The number of hydrogen-bond acceptors (Lipinski definition) is 3. The molecule has 0 aliphatic heterocycles. The average molecular weight is 301 g/mol. The Morgan fingerprint density at radius 2 is 1.68 bits per heavy atom. The fourth-order valence-electron chi connectivity index (χ4n) is 2.18. The number of hydrogen-bond donors (Lipinski definition) is 3. The third-order valence-corrected chi connectivity index (χ3v) is 3.28. The van der Waals surface area contributed by atoms with Gasteiger partial charge in [0.1, 0.15) is 6.04 Å². The number of aliphatic carboxylic acids is 2. The highest BCUT2D eigenvalue weighted by Crippen LogP contribution is 2.18. The third-order valence-electron chi connectivity index (χ3n) is 3.28. The molecular weight excluding hydrogens is 286 g/mol. The predicted molar refractivity (Wildman–Crippen MR) is 79.7 cm³/mol. The van der Waals surface area contributed by atoms with Gasteiger partial charge in [-0.2, -0.15) is 0 Å². The zero-order valence-electron chi connectivity index (χ0n) is 11.7. The monoisotopic (exact) mass is 301 g/mol. The molecule has 0 aliphatic rings. The lowest BCUT2D eigenvalue weighted by Crippen LogP contribution is -2.41. The number of benzene rings is 2. The molecule has 6 heteroatoms. The SMILES string of the molecule is O=C(O)CCC(NC(=O)c1cccc2ccccc12)C(=O)O. The highest BCUT2D eigenvalue weighted by atomic mass is 16.4. The van der Waals surface area contributed by atoms with Crippen LogP contribution in [0.2, 0.25) is 0 Å². The molecule has 1 amide bonds. The van der Waals surface area contributed by atoms with Gasteiger partial charge in [-0.25, -0.2) is 4.79 Å². The molecule has 2 aromatic rings. The van der Waals surface area contributed by atoms with Crippen molar-refractivity contribution in [3.05, 3.63) is 48.0 Å². The van der Waals surface area contributed by atoms with Gasteiger partial charge in [0.05, 0.1) is 0 Å². The number of carboxylic acid groups (broad SMARTS) is 2. The maximum absolute atomic E-state index is 12.3. The van der Waals surface area contributed by atoms with Crippen LogP contribution < -0.4 is 5.32 Å². The lowest BCUT2D eigenvalue weighted by Gasteiger charge is -2.14. The first-order chi connectivity index (χ1) is 10.5. The molecule has 0 saturated heterocycles. The largest absolute Gasteiger partial charge is 0.481 e. The van der Waals surface area contributed by atoms with Gasteiger partial charge in [0, 0.05) is 12.0 Å². The first kappa shape index (κ1) is 15.5. The lowest BCUT2D eigenvalue weighted by atomic mass is 10.0. The van der Waals surface area contributed by atoms with E-state index in [1.807, 2.05) is 18.2 Å². The molecule has 1 unspecified atom stereocenters. The van der Waals surface area contributed by atoms with Crippen molar-refractivity contribution in [1.82, 2.24) is 5.32 Å². The number of rotatable bonds is 6. The highest BCUT2D eigenvalue weighted by molar-refractivity contribution is 6.07. The molecule has 3 N–H and O–H groups in total. The molecule has 0 saturated carbocycles. The number of carboxylic acids is 2. The van der Waals surface area contributed by atoms with E-state index in [2.05, 4.69) is 5.32 Å². The number of nitrogens with one attached hydrogen (secondary N) is 1. The maximum Gasteiger partial charge on any atom is 0.326 e. The molecule has 6 nitrogen and oxygen atoms in total. The molecule has 22 heavy (non-hydrogen) atoms. The molecule has 0 bridgehead atoms. The molecule has 0 heterocycles. The summed E-state index contributed by atoms with van der Waals surface area (Å²) in [6.07, 6.45) is -0.492. The molecule has 2 aromatic carbocycles. The van der Waals surface area contributed by atoms with E-state index in [1.165, 1.54) is 0 Å². The second-order valence-corrected chi connectivity index (χ2v) is 4.82. The van der Waals surface area contributed by atoms with Crippen molar-refractivity contribution >= 4 is 28.6 Å². The van der Waals surface area contributed by atoms with E-state index in [4.69, 9.17) is 10.2 Å². The van der Waals surface area contributed by atoms with Crippen LogP contribution in [0.4, 0.5) is 0 Å². The summed E-state index contributed by atoms with van der Waals surface area (Å²) < 4.78 is 0. The van der Waals surface area contributed by atoms with Crippen LogP contribution >= 0.6 is 0 Å². The Labute approximate surface area is 126 Å². The first-order valence-corrected chi connectivity index (χ1v) is 6.72. The zero-order valence-corrected chi connectivity index (χ0v) is 11.7. The second-order valence-electron chi connectivity index (χ2n) is 4.82. The van der Waals surface area contributed by atoms with Crippen molar-refractivity contribution in [2.24, 2.45) is 0 Å². The van der Waals surface area contributed by atoms with Crippen molar-refractivity contribution in [2.45, 2.75) is 18.9 Å². The van der Waals surface area contributed by atoms with Gasteiger partial charge in [0.25, 0.3) is 5.91 Å². The summed E-state index contributed by atoms with van der Waals surface area (Å²) in [6.45, 7) is 0. The smallest absolute Gasteiger partial charge is 0.326 e. The van der Waals surface area contributed by atoms with E-state index in [1.54, 1.807) is 24.3 Å². The van der Waals surface area contributed by atoms with Crippen LogP contribution in [0.15, 0.2) is 42.5 Å². The van der Waals surface area contributed by atoms with E-state index in [-0.39, 0.29) is 12.8 Å². The van der Waals surface area contributed by atoms with Crippen LogP contribution in [-0.2, 0) is 9.59 Å². The Hall–Kier alpha value is -2.89. The Bertz CT molecular complexity index is 720. The lowest BCUT2D eigenvalue weighted by molar-refractivity contribution is -0.140. The van der Waals surface area contributed by atoms with Crippen LogP contribution in [0.25, 0.3) is 10.8 Å². The fourth-order valence-corrected chi connectivity index (χ4v) is 2.18. The zero-order chi connectivity index (χ0) is 16.1. The average Bonchev–Trinajstić information content (AvgIpc) is 2.50. The van der Waals surface area contributed by atoms with Crippen molar-refractivity contribution in [3.8, 4) is 0 Å². The van der Waals surface area contributed by atoms with Gasteiger partial charge in [-0.3, -0.25) is 9.59 Å². The number of carbonyl (C=O) groups excluding carboxylic acids is 1. The van der Waals surface area contributed by atoms with Crippen molar-refractivity contribution in [2.75, 3.05) is 0 Å². The first-order valence-electron chi connectivity index (χ1n) is 6.72. The topological polar surface area (TPSA) is 104 Å². The van der Waals surface area contributed by atoms with Gasteiger partial charge in [-0.1, -0.05) is 36.4 Å². The summed E-state index contributed by atoms with van der Waals surface area (Å²) in [6, 6.07) is 11.2. The third kappa shape index (κ3) is 3.60. The van der Waals surface area contributed by atoms with Gasteiger partial charge < -0.3 is 15.5 Å². The van der Waals surface area contributed by atoms with E-state index in [0.29, 0.717) is 10.9 Å². The molecule has 0 radical (unpaired) electrons. The molecule has 0 spiro atoms. The van der Waals surface area contributed by atoms with Crippen molar-refractivity contribution < 1.29 is 24.6 Å². The van der Waals surface area contributed by atoms with Crippen LogP contribution in [0.5, 0.6) is 0 Å². The van der Waals surface area contributed by atoms with Gasteiger partial charge in [-0.15, -0.1) is 0 Å². The Morgan fingerprint density at radius 1 is 1.00 bits per heavy atom. The minimum Gasteiger partial charge on any atom is -0.481 e. The van der Waals surface area contributed by atoms with E-state index in [0.717, 1.165) is 5.39 Å². The summed E-state index contributed by atoms with van der Waals surface area (Å²) in [5, 5.41) is 21.7. The quantitative estimate of drug-likeness (QED) is 0.756. The summed E-state index contributed by atoms with van der Waals surface area (Å²) in [4.78, 5) is 34.0. The minimum absolute atomic E-state index is 0.166. The van der Waals surface area contributed by atoms with Crippen LogP contribution in [-0.4, -0.2) is 34.1 Å². The Kier molecular flexibility index (Phi) is 4.73. The summed E-state index contributed by atoms with van der Waals surface area (Å²) in [7, 11) is 0. The van der Waals surface area contributed by atoms with Crippen molar-refractivity contribution in [1.29, 1.82) is 0 Å². The van der Waals surface area contributed by atoms with Crippen LogP contribution in [0, 0.1) is 0 Å². The van der Waals surface area contributed by atoms with Gasteiger partial charge in [0.15, 0.2) is 0 Å². The molecule has 2 rings (SSSR count). The molecule has 0 aromatic heterocycles. The van der Waals surface area contributed by atoms with Crippen LogP contribution in [0.1, 0.15) is 23.2 Å². The van der Waals surface area contributed by atoms with E-state index >= 15 is 0 Å².